The Balaban J connectivity index is 2.72. The van der Waals surface area contributed by atoms with E-state index in [0.29, 0.717) is 5.52 Å². The fourth-order valence-electron chi connectivity index (χ4n) is 1.93. The zero-order valence-electron chi connectivity index (χ0n) is 9.84. The normalized spacial score (nSPS) is 12.0. The maximum absolute atomic E-state index is 12.9. The van der Waals surface area contributed by atoms with Gasteiger partial charge >= 0.3 is 12.1 Å². The number of nitrogens with one attached hydrogen (secondary N) is 1. The van der Waals surface area contributed by atoms with Crippen molar-refractivity contribution >= 4 is 16.9 Å². The summed E-state index contributed by atoms with van der Waals surface area (Å²) in [4.78, 5) is 13.6. The number of fused-ring (bicyclic) bond motifs is 1. The lowest BCUT2D eigenvalue weighted by molar-refractivity contribution is -0.138. The fraction of sp³-hybridized carbons (Fsp3) is 0.250. The number of hydrogen-bond acceptors (Lipinski definition) is 2. The van der Waals surface area contributed by atoms with Crippen LogP contribution < -0.4 is 0 Å². The van der Waals surface area contributed by atoms with Gasteiger partial charge < -0.3 is 14.8 Å². The highest BCUT2D eigenvalue weighted by molar-refractivity contribution is 6.03. The van der Waals surface area contributed by atoms with Gasteiger partial charge in [-0.05, 0) is 17.7 Å². The van der Waals surface area contributed by atoms with Crippen LogP contribution in [0.25, 0.3) is 10.9 Å². The van der Waals surface area contributed by atoms with E-state index in [2.05, 4.69) is 4.98 Å². The summed E-state index contributed by atoms with van der Waals surface area (Å²) in [6.07, 6.45) is -3.39. The Kier molecular flexibility index (Phi) is 3.23. The summed E-state index contributed by atoms with van der Waals surface area (Å²) in [5.41, 5.74) is -0.785. The molecule has 2 aromatic rings. The number of carboxylic acid groups (broad SMARTS) is 1. The van der Waals surface area contributed by atoms with Crippen molar-refractivity contribution in [3.8, 4) is 0 Å². The molecule has 0 atom stereocenters. The average molecular weight is 273 g/mol. The number of benzene rings is 1. The zero-order chi connectivity index (χ0) is 14.2. The van der Waals surface area contributed by atoms with Crippen LogP contribution >= 0.6 is 0 Å². The number of aromatic carboxylic acids is 1. The van der Waals surface area contributed by atoms with Gasteiger partial charge in [-0.2, -0.15) is 13.2 Å². The van der Waals surface area contributed by atoms with Gasteiger partial charge in [-0.1, -0.05) is 0 Å². The molecule has 0 bridgehead atoms. The molecule has 0 aliphatic heterocycles. The van der Waals surface area contributed by atoms with Gasteiger partial charge in [0.05, 0.1) is 17.7 Å². The summed E-state index contributed by atoms with van der Waals surface area (Å²) in [5.74, 6) is -1.28. The first-order chi connectivity index (χ1) is 8.84. The summed E-state index contributed by atoms with van der Waals surface area (Å²) >= 11 is 0. The van der Waals surface area contributed by atoms with E-state index in [1.54, 1.807) is 0 Å². The smallest absolute Gasteiger partial charge is 0.416 e. The highest BCUT2D eigenvalue weighted by atomic mass is 19.4. The van der Waals surface area contributed by atoms with E-state index >= 15 is 0 Å². The molecule has 4 nitrogen and oxygen atoms in total. The minimum absolute atomic E-state index is 0.0275. The molecule has 2 N–H and O–H groups in total. The van der Waals surface area contributed by atoms with Crippen LogP contribution in [0.2, 0.25) is 0 Å². The molecule has 0 aliphatic rings. The van der Waals surface area contributed by atoms with Crippen molar-refractivity contribution in [2.75, 3.05) is 7.11 Å². The van der Waals surface area contributed by atoms with Crippen LogP contribution in [0.3, 0.4) is 0 Å². The molecular weight excluding hydrogens is 263 g/mol. The maximum atomic E-state index is 12.9. The molecule has 0 spiro atoms. The number of H-pyrrole nitrogens is 1. The monoisotopic (exact) mass is 273 g/mol. The van der Waals surface area contributed by atoms with Gasteiger partial charge in [0.1, 0.15) is 0 Å². The molecule has 0 radical (unpaired) electrons. The number of ether oxygens (including phenoxy) is 1. The molecule has 0 amide bonds. The SMILES string of the molecule is COCc1cc2[nH]cc(C(=O)O)c2cc1C(F)(F)F. The van der Waals surface area contributed by atoms with E-state index in [-0.39, 0.29) is 23.1 Å². The Morgan fingerprint density at radius 3 is 2.63 bits per heavy atom. The minimum Gasteiger partial charge on any atom is -0.478 e. The van der Waals surface area contributed by atoms with Crippen molar-refractivity contribution in [3.63, 3.8) is 0 Å². The molecule has 0 saturated heterocycles. The quantitative estimate of drug-likeness (QED) is 0.903. The lowest BCUT2D eigenvalue weighted by atomic mass is 10.0. The predicted octanol–water partition coefficient (Wildman–Crippen LogP) is 3.03. The molecule has 0 saturated carbocycles. The number of hydrogen-bond donors (Lipinski definition) is 2. The highest BCUT2D eigenvalue weighted by Crippen LogP contribution is 2.35. The van der Waals surface area contributed by atoms with Gasteiger partial charge in [0.15, 0.2) is 0 Å². The van der Waals surface area contributed by atoms with Gasteiger partial charge in [0.25, 0.3) is 0 Å². The number of carbonyl (C=O) groups is 1. The van der Waals surface area contributed by atoms with Crippen LogP contribution in [-0.4, -0.2) is 23.2 Å². The van der Waals surface area contributed by atoms with Crippen molar-refractivity contribution in [3.05, 3.63) is 35.0 Å². The predicted molar refractivity (Wildman–Crippen MR) is 61.0 cm³/mol. The number of rotatable bonds is 3. The lowest BCUT2D eigenvalue weighted by Crippen LogP contribution is -2.10. The standard InChI is InChI=1S/C12H10F3NO3/c1-19-5-6-2-10-7(3-9(6)12(13,14)15)8(4-16-10)11(17)18/h2-4,16H,5H2,1H3,(H,17,18). The van der Waals surface area contributed by atoms with Crippen LogP contribution in [0.5, 0.6) is 0 Å². The summed E-state index contributed by atoms with van der Waals surface area (Å²) in [6, 6.07) is 2.09. The van der Waals surface area contributed by atoms with E-state index in [0.717, 1.165) is 6.07 Å². The number of aromatic nitrogens is 1. The number of aromatic amines is 1. The van der Waals surface area contributed by atoms with Gasteiger partial charge in [-0.15, -0.1) is 0 Å². The summed E-state index contributed by atoms with van der Waals surface area (Å²) in [7, 11) is 1.29. The topological polar surface area (TPSA) is 62.3 Å². The summed E-state index contributed by atoms with van der Waals surface area (Å²) in [6.45, 7) is -0.202. The van der Waals surface area contributed by atoms with E-state index in [1.165, 1.54) is 19.4 Å². The third-order valence-electron chi connectivity index (χ3n) is 2.74. The lowest BCUT2D eigenvalue weighted by Gasteiger charge is -2.12. The van der Waals surface area contributed by atoms with Crippen LogP contribution in [0.4, 0.5) is 13.2 Å². The third-order valence-corrected chi connectivity index (χ3v) is 2.74. The first kappa shape index (κ1) is 13.4. The molecule has 1 aromatic carbocycles. The van der Waals surface area contributed by atoms with Crippen molar-refractivity contribution < 1.29 is 27.8 Å². The summed E-state index contributed by atoms with van der Waals surface area (Å²) in [5, 5.41) is 8.94. The highest BCUT2D eigenvalue weighted by Gasteiger charge is 2.34. The molecule has 7 heteroatoms. The molecule has 0 fully saturated rings. The van der Waals surface area contributed by atoms with Crippen molar-refractivity contribution in [2.45, 2.75) is 12.8 Å². The van der Waals surface area contributed by atoms with E-state index in [1.807, 2.05) is 0 Å². The average Bonchev–Trinajstić information content (AvgIpc) is 2.69. The number of alkyl halides is 3. The first-order valence-corrected chi connectivity index (χ1v) is 5.28. The Bertz CT molecular complexity index is 631. The Hall–Kier alpha value is -2.02. The third kappa shape index (κ3) is 2.41. The molecule has 19 heavy (non-hydrogen) atoms. The minimum atomic E-state index is -4.56. The molecule has 1 aromatic heterocycles. The van der Waals surface area contributed by atoms with Gasteiger partial charge in [-0.3, -0.25) is 0 Å². The first-order valence-electron chi connectivity index (χ1n) is 5.28. The molecule has 0 unspecified atom stereocenters. The van der Waals surface area contributed by atoms with Gasteiger partial charge in [0.2, 0.25) is 0 Å². The van der Waals surface area contributed by atoms with Crippen LogP contribution in [0.1, 0.15) is 21.5 Å². The van der Waals surface area contributed by atoms with Crippen LogP contribution in [-0.2, 0) is 17.5 Å². The van der Waals surface area contributed by atoms with Gasteiger partial charge in [0, 0.05) is 24.2 Å². The fourth-order valence-corrected chi connectivity index (χ4v) is 1.93. The Morgan fingerprint density at radius 2 is 2.11 bits per heavy atom. The number of carboxylic acids is 1. The van der Waals surface area contributed by atoms with E-state index in [4.69, 9.17) is 9.84 Å². The second-order valence-electron chi connectivity index (χ2n) is 3.99. The van der Waals surface area contributed by atoms with Crippen LogP contribution in [0.15, 0.2) is 18.3 Å². The second kappa shape index (κ2) is 4.58. The largest absolute Gasteiger partial charge is 0.478 e. The number of halogens is 3. The molecule has 0 aliphatic carbocycles. The number of methoxy groups -OCH3 is 1. The maximum Gasteiger partial charge on any atom is 0.416 e. The van der Waals surface area contributed by atoms with E-state index < -0.39 is 17.7 Å². The van der Waals surface area contributed by atoms with Gasteiger partial charge in [-0.25, -0.2) is 4.79 Å². The Labute approximate surface area is 105 Å². The summed E-state index contributed by atoms with van der Waals surface area (Å²) < 4.78 is 43.5. The van der Waals surface area contributed by atoms with Crippen molar-refractivity contribution in [1.29, 1.82) is 0 Å². The van der Waals surface area contributed by atoms with Crippen LogP contribution in [0, 0.1) is 0 Å². The van der Waals surface area contributed by atoms with E-state index in [9.17, 15) is 18.0 Å². The Morgan fingerprint density at radius 1 is 1.42 bits per heavy atom. The van der Waals surface area contributed by atoms with Crippen molar-refractivity contribution in [1.82, 2.24) is 4.98 Å². The molecule has 2 rings (SSSR count). The zero-order valence-corrected chi connectivity index (χ0v) is 9.84. The molecule has 102 valence electrons. The molecular formula is C12H10F3NO3. The second-order valence-corrected chi connectivity index (χ2v) is 3.99. The van der Waals surface area contributed by atoms with Crippen molar-refractivity contribution in [2.24, 2.45) is 0 Å². The molecule has 1 heterocycles.